The molecular formula is C8H6N2O2. The predicted molar refractivity (Wildman–Crippen MR) is 43.7 cm³/mol. The van der Waals surface area contributed by atoms with Crippen LogP contribution in [-0.4, -0.2) is 11.6 Å². The van der Waals surface area contributed by atoms with Crippen molar-refractivity contribution < 1.29 is 9.32 Å². The molecule has 0 aliphatic heterocycles. The van der Waals surface area contributed by atoms with Gasteiger partial charge in [0.05, 0.1) is 6.20 Å². The lowest BCUT2D eigenvalue weighted by Crippen LogP contribution is -1.92. The number of nitrogens with one attached hydrogen (secondary N) is 1. The number of fused-ring (bicyclic) bond motifs is 1. The molecule has 4 heteroatoms. The van der Waals surface area contributed by atoms with Crippen LogP contribution in [0.1, 0.15) is 0 Å². The molecule has 0 saturated heterocycles. The summed E-state index contributed by atoms with van der Waals surface area (Å²) in [6.07, 6.45) is 2.24. The number of carbonyl (C=O) groups is 1. The van der Waals surface area contributed by atoms with E-state index < -0.39 is 0 Å². The van der Waals surface area contributed by atoms with Crippen molar-refractivity contribution in [3.8, 4) is 0 Å². The first-order chi connectivity index (χ1) is 5.90. The minimum Gasteiger partial charge on any atom is -0.356 e. The van der Waals surface area contributed by atoms with E-state index in [0.717, 1.165) is 11.1 Å². The van der Waals surface area contributed by atoms with Gasteiger partial charge >= 0.3 is 0 Å². The van der Waals surface area contributed by atoms with Crippen molar-refractivity contribution in [2.75, 3.05) is 5.32 Å². The highest BCUT2D eigenvalue weighted by atomic mass is 16.5. The molecule has 1 aromatic carbocycles. The molecule has 0 saturated carbocycles. The summed E-state index contributed by atoms with van der Waals surface area (Å²) in [5, 5.41) is 7.03. The first-order valence-electron chi connectivity index (χ1n) is 3.45. The fourth-order valence-corrected chi connectivity index (χ4v) is 1.03. The van der Waals surface area contributed by atoms with Crippen LogP contribution in [-0.2, 0) is 4.79 Å². The van der Waals surface area contributed by atoms with E-state index in [9.17, 15) is 4.79 Å². The van der Waals surface area contributed by atoms with Crippen LogP contribution in [0.25, 0.3) is 11.0 Å². The Morgan fingerprint density at radius 2 is 2.42 bits per heavy atom. The van der Waals surface area contributed by atoms with Crippen LogP contribution in [0.3, 0.4) is 0 Å². The van der Waals surface area contributed by atoms with Gasteiger partial charge in [0.1, 0.15) is 0 Å². The fourth-order valence-electron chi connectivity index (χ4n) is 1.03. The molecule has 1 heterocycles. The number of benzene rings is 1. The van der Waals surface area contributed by atoms with Crippen LogP contribution >= 0.6 is 0 Å². The molecule has 2 rings (SSSR count). The van der Waals surface area contributed by atoms with Crippen LogP contribution in [0, 0.1) is 0 Å². The van der Waals surface area contributed by atoms with Crippen molar-refractivity contribution in [2.45, 2.75) is 0 Å². The van der Waals surface area contributed by atoms with Gasteiger partial charge < -0.3 is 9.84 Å². The standard InChI is InChI=1S/C8H6N2O2/c11-5-9-7-1-2-8-6(3-7)4-10-12-8/h1-5H,(H,9,11). The van der Waals surface area contributed by atoms with Crippen molar-refractivity contribution in [2.24, 2.45) is 0 Å². The van der Waals surface area contributed by atoms with Crippen LogP contribution in [0.4, 0.5) is 5.69 Å². The number of amides is 1. The van der Waals surface area contributed by atoms with Gasteiger partial charge in [0.2, 0.25) is 6.41 Å². The number of hydrogen-bond acceptors (Lipinski definition) is 3. The molecule has 1 N–H and O–H groups in total. The Bertz CT molecular complexity index is 408. The van der Waals surface area contributed by atoms with Crippen molar-refractivity contribution in [1.29, 1.82) is 0 Å². The van der Waals surface area contributed by atoms with Crippen molar-refractivity contribution >= 4 is 23.1 Å². The Morgan fingerprint density at radius 3 is 3.25 bits per heavy atom. The summed E-state index contributed by atoms with van der Waals surface area (Å²) in [4.78, 5) is 10.1. The predicted octanol–water partition coefficient (Wildman–Crippen LogP) is 1.40. The van der Waals surface area contributed by atoms with Gasteiger partial charge in [-0.05, 0) is 18.2 Å². The van der Waals surface area contributed by atoms with E-state index in [2.05, 4.69) is 10.5 Å². The average molecular weight is 162 g/mol. The Labute approximate surface area is 68.2 Å². The number of aromatic nitrogens is 1. The summed E-state index contributed by atoms with van der Waals surface area (Å²) < 4.78 is 4.88. The van der Waals surface area contributed by atoms with Gasteiger partial charge in [-0.2, -0.15) is 0 Å². The second-order valence-corrected chi connectivity index (χ2v) is 2.34. The summed E-state index contributed by atoms with van der Waals surface area (Å²) in [5.74, 6) is 0. The molecule has 0 bridgehead atoms. The molecule has 0 unspecified atom stereocenters. The minimum atomic E-state index is 0.634. The topological polar surface area (TPSA) is 55.1 Å². The van der Waals surface area contributed by atoms with Gasteiger partial charge in [-0.3, -0.25) is 4.79 Å². The molecule has 1 aromatic heterocycles. The molecule has 4 nitrogen and oxygen atoms in total. The molecule has 0 spiro atoms. The average Bonchev–Trinajstić information content (AvgIpc) is 2.51. The highest BCUT2D eigenvalue weighted by molar-refractivity contribution is 5.83. The van der Waals surface area contributed by atoms with Gasteiger partial charge in [0.25, 0.3) is 0 Å². The van der Waals surface area contributed by atoms with E-state index in [-0.39, 0.29) is 0 Å². The summed E-state index contributed by atoms with van der Waals surface area (Å²) in [5.41, 5.74) is 1.45. The Kier molecular flexibility index (Phi) is 1.51. The number of rotatable bonds is 2. The summed E-state index contributed by atoms with van der Waals surface area (Å²) >= 11 is 0. The fraction of sp³-hybridized carbons (Fsp3) is 0. The zero-order valence-electron chi connectivity index (χ0n) is 6.15. The molecule has 0 atom stereocenters. The van der Waals surface area contributed by atoms with Gasteiger partial charge in [-0.1, -0.05) is 5.16 Å². The minimum absolute atomic E-state index is 0.634. The first-order valence-corrected chi connectivity index (χ1v) is 3.45. The van der Waals surface area contributed by atoms with Crippen LogP contribution in [0.2, 0.25) is 0 Å². The third-order valence-electron chi connectivity index (χ3n) is 1.58. The molecule has 0 fully saturated rings. The van der Waals surface area contributed by atoms with Crippen molar-refractivity contribution in [3.05, 3.63) is 24.4 Å². The lowest BCUT2D eigenvalue weighted by Gasteiger charge is -1.95. The first kappa shape index (κ1) is 6.84. The Morgan fingerprint density at radius 1 is 1.50 bits per heavy atom. The zero-order chi connectivity index (χ0) is 8.39. The summed E-state index contributed by atoms with van der Waals surface area (Å²) in [6, 6.07) is 5.30. The number of nitrogens with zero attached hydrogens (tertiary/aromatic N) is 1. The monoisotopic (exact) mass is 162 g/mol. The highest BCUT2D eigenvalue weighted by Gasteiger charge is 1.98. The SMILES string of the molecule is O=CNc1ccc2oncc2c1. The van der Waals surface area contributed by atoms with Gasteiger partial charge in [-0.15, -0.1) is 0 Å². The maximum Gasteiger partial charge on any atom is 0.211 e. The Balaban J connectivity index is 2.52. The molecule has 0 aliphatic rings. The number of anilines is 1. The molecule has 1 amide bonds. The lowest BCUT2D eigenvalue weighted by atomic mass is 10.2. The largest absolute Gasteiger partial charge is 0.356 e. The zero-order valence-corrected chi connectivity index (χ0v) is 6.15. The second-order valence-electron chi connectivity index (χ2n) is 2.34. The second kappa shape index (κ2) is 2.65. The number of hydrogen-bond donors (Lipinski definition) is 1. The van der Waals surface area contributed by atoms with Gasteiger partial charge in [0, 0.05) is 11.1 Å². The normalized spacial score (nSPS) is 10.0. The molecule has 60 valence electrons. The van der Waals surface area contributed by atoms with Gasteiger partial charge in [0.15, 0.2) is 5.58 Å². The van der Waals surface area contributed by atoms with Crippen LogP contribution in [0.5, 0.6) is 0 Å². The van der Waals surface area contributed by atoms with E-state index >= 15 is 0 Å². The molecule has 0 aliphatic carbocycles. The van der Waals surface area contributed by atoms with Crippen LogP contribution < -0.4 is 5.32 Å². The van der Waals surface area contributed by atoms with E-state index in [0.29, 0.717) is 12.0 Å². The van der Waals surface area contributed by atoms with E-state index in [1.165, 1.54) is 0 Å². The summed E-state index contributed by atoms with van der Waals surface area (Å²) in [7, 11) is 0. The maximum absolute atomic E-state index is 10.1. The van der Waals surface area contributed by atoms with Crippen LogP contribution in [0.15, 0.2) is 28.9 Å². The number of carbonyl (C=O) groups excluding carboxylic acids is 1. The quantitative estimate of drug-likeness (QED) is 0.679. The van der Waals surface area contributed by atoms with Crippen molar-refractivity contribution in [3.63, 3.8) is 0 Å². The lowest BCUT2D eigenvalue weighted by molar-refractivity contribution is -0.105. The molecular weight excluding hydrogens is 156 g/mol. The third kappa shape index (κ3) is 1.03. The van der Waals surface area contributed by atoms with E-state index in [1.807, 2.05) is 0 Å². The molecule has 0 radical (unpaired) electrons. The van der Waals surface area contributed by atoms with E-state index in [4.69, 9.17) is 4.52 Å². The van der Waals surface area contributed by atoms with Crippen molar-refractivity contribution in [1.82, 2.24) is 5.16 Å². The van der Waals surface area contributed by atoms with Gasteiger partial charge in [-0.25, -0.2) is 0 Å². The molecule has 2 aromatic rings. The third-order valence-corrected chi connectivity index (χ3v) is 1.58. The summed E-state index contributed by atoms with van der Waals surface area (Å²) in [6.45, 7) is 0. The Hall–Kier alpha value is -1.84. The maximum atomic E-state index is 10.1. The molecule has 12 heavy (non-hydrogen) atoms. The highest BCUT2D eigenvalue weighted by Crippen LogP contribution is 2.17. The smallest absolute Gasteiger partial charge is 0.211 e. The van der Waals surface area contributed by atoms with E-state index in [1.54, 1.807) is 24.4 Å².